The summed E-state index contributed by atoms with van der Waals surface area (Å²) in [6.45, 7) is 24.7. The molecule has 4 amide bonds. The van der Waals surface area contributed by atoms with E-state index in [0.717, 1.165) is 12.2 Å². The Morgan fingerprint density at radius 1 is 0.447 bits per heavy atom. The van der Waals surface area contributed by atoms with Crippen molar-refractivity contribution in [2.45, 2.75) is 171 Å². The Morgan fingerprint density at radius 2 is 0.702 bits per heavy atom. The molecule has 0 saturated carbocycles. The Balaban J connectivity index is -0.000000150. The van der Waals surface area contributed by atoms with Crippen molar-refractivity contribution in [2.24, 2.45) is 22.7 Å². The number of hydrogen-bond donors (Lipinski definition) is 8. The summed E-state index contributed by atoms with van der Waals surface area (Å²) in [6.07, 6.45) is -0.461. The van der Waals surface area contributed by atoms with E-state index in [4.69, 9.17) is 24.8 Å². The van der Waals surface area contributed by atoms with Crippen LogP contribution in [0.3, 0.4) is 0 Å². The van der Waals surface area contributed by atoms with Crippen molar-refractivity contribution in [3.05, 3.63) is 49.6 Å². The molecule has 0 aliphatic rings. The van der Waals surface area contributed by atoms with Gasteiger partial charge in [-0.3, -0.25) is 38.4 Å². The molecule has 32 nitrogen and oxygen atoms in total. The maximum atomic E-state index is 12.8. The van der Waals surface area contributed by atoms with Crippen LogP contribution in [0.25, 0.3) is 0 Å². The van der Waals surface area contributed by atoms with Gasteiger partial charge in [-0.2, -0.15) is 0 Å². The van der Waals surface area contributed by atoms with Crippen LogP contribution < -0.4 is 160 Å². The fourth-order valence-corrected chi connectivity index (χ4v) is 6.47. The zero-order chi connectivity index (χ0) is 69.2. The Kier molecular flexibility index (Phi) is 70.1. The molecule has 512 valence electrons. The van der Waals surface area contributed by atoms with E-state index in [-0.39, 0.29) is 222 Å². The van der Waals surface area contributed by atoms with E-state index in [9.17, 15) is 102 Å². The second kappa shape index (κ2) is 59.9. The molecule has 0 spiro atoms. The Labute approximate surface area is 635 Å². The number of carboxylic acid groups (broad SMARTS) is 8. The van der Waals surface area contributed by atoms with Gasteiger partial charge in [0.2, 0.25) is 23.6 Å². The van der Waals surface area contributed by atoms with Crippen molar-refractivity contribution < 1.29 is 255 Å². The molecule has 0 radical (unpaired) electrons. The molecular formula is C58H88N4Na4O28. The van der Waals surface area contributed by atoms with Gasteiger partial charge in [0.05, 0.1) is 35.9 Å². The quantitative estimate of drug-likeness (QED) is 0.00928. The minimum absolute atomic E-state index is 0. The number of aliphatic carboxylic acids is 8. The second-order valence-electron chi connectivity index (χ2n) is 20.1. The van der Waals surface area contributed by atoms with E-state index >= 15 is 0 Å². The molecule has 0 heterocycles. The van der Waals surface area contributed by atoms with E-state index in [0.29, 0.717) is 0 Å². The average Bonchev–Trinajstić information content (AvgIpc) is 0.882. The fourth-order valence-electron chi connectivity index (χ4n) is 6.47. The molecule has 36 heteroatoms. The zero-order valence-corrected chi connectivity index (χ0v) is 62.3. The smallest absolute Gasteiger partial charge is 0.550 e. The number of carbonyl (C=O) groups excluding carboxylic acids is 12. The molecule has 0 fully saturated rings. The third-order valence-electron chi connectivity index (χ3n) is 11.6. The summed E-state index contributed by atoms with van der Waals surface area (Å²) in [5, 5.41) is 86.5. The molecule has 0 saturated heterocycles. The monoisotopic (exact) mass is 1380 g/mol. The standard InChI is InChI=1S/C30H48N2O14.2C9H13NO5.C8H10O4.2CH4.4Na/c1-7-17(15-29(3,4)27(43)31-19(23(37)38)9-11-21(33)34)25(41)45-13-14-46-26(42)18(8-2)16-30(5,6)28(44)32-20(24(39)40)10-12-22(35)36;2*1-5(2)8(13)10-6(9(14)15)3-4-7(11)12;1-3-7(9)11-5-6-12-8(10)4-2;;;;;;/h17-20H,7-16H2,1-6H3,(H,31,43)(H,32,44)(H,33,34)(H,35,36)(H,37,38)(H,39,40);2*6H,1,3-4H2,2H3,(H,10,13)(H,11,12)(H,14,15);3-4H,1-2,5-6H2;2*1H4;;;;/q;;;;;;4*+1/p-4. The molecular weight excluding hydrogens is 1290 g/mol. The predicted octanol–water partition coefficient (Wildman–Crippen LogP) is -13.8. The molecule has 8 N–H and O–H groups in total. The molecule has 0 aromatic rings. The van der Waals surface area contributed by atoms with Crippen molar-refractivity contribution >= 4 is 95.3 Å². The van der Waals surface area contributed by atoms with Gasteiger partial charge in [-0.1, -0.05) is 82.7 Å². The summed E-state index contributed by atoms with van der Waals surface area (Å²) in [7, 11) is 0. The molecule has 6 atom stereocenters. The molecule has 94 heavy (non-hydrogen) atoms. The third-order valence-corrected chi connectivity index (χ3v) is 11.6. The number of hydrogen-bond acceptors (Lipinski definition) is 24. The third kappa shape index (κ3) is 55.7. The van der Waals surface area contributed by atoms with E-state index in [1.807, 2.05) is 0 Å². The van der Waals surface area contributed by atoms with Crippen molar-refractivity contribution in [3.63, 3.8) is 0 Å². The van der Waals surface area contributed by atoms with E-state index in [1.165, 1.54) is 41.5 Å². The average molecular weight is 1380 g/mol. The Morgan fingerprint density at radius 3 is 0.947 bits per heavy atom. The van der Waals surface area contributed by atoms with Crippen molar-refractivity contribution in [2.75, 3.05) is 26.4 Å². The van der Waals surface area contributed by atoms with Crippen molar-refractivity contribution in [1.29, 1.82) is 0 Å². The SMILES string of the molecule is C.C.C=C(C)C(=O)NC(CCC(=O)O)C(=O)O.C=C(C)C(=O)NC(CCC(=O)[O-])C(=O)[O-].C=CC(=O)OCCOC(=O)C=C.CCC(CC(C)(C)C(=O)NC(CCC(=O)[O-])C(=O)[O-])C(=O)OCCOC(=O)C(CC)CC(C)(C)C(=O)NC(CCC(=O)O)C(=O)O.[Na+].[Na+].[Na+].[Na+]. The van der Waals surface area contributed by atoms with Crippen LogP contribution in [0.1, 0.15) is 147 Å². The zero-order valence-electron chi connectivity index (χ0n) is 54.3. The van der Waals surface area contributed by atoms with Gasteiger partial charge in [-0.25, -0.2) is 19.2 Å². The molecule has 0 aromatic carbocycles. The molecule has 0 aromatic heterocycles. The van der Waals surface area contributed by atoms with Gasteiger partial charge in [-0.15, -0.1) is 0 Å². The maximum absolute atomic E-state index is 12.8. The first kappa shape index (κ1) is 110. The van der Waals surface area contributed by atoms with Crippen molar-refractivity contribution in [3.8, 4) is 0 Å². The second-order valence-corrected chi connectivity index (χ2v) is 20.1. The van der Waals surface area contributed by atoms with Crippen LogP contribution in [0, 0.1) is 22.7 Å². The molecule has 0 aliphatic carbocycles. The summed E-state index contributed by atoms with van der Waals surface area (Å²) in [5.74, 6) is -17.7. The van der Waals surface area contributed by atoms with Crippen LogP contribution in [-0.4, -0.2) is 166 Å². The number of nitrogens with one attached hydrogen (secondary N) is 4. The molecule has 0 bridgehead atoms. The van der Waals surface area contributed by atoms with E-state index < -0.39 is 168 Å². The van der Waals surface area contributed by atoms with Gasteiger partial charge >= 0.3 is 166 Å². The number of carbonyl (C=O) groups is 16. The number of rotatable bonds is 40. The first-order valence-electron chi connectivity index (χ1n) is 26.7. The summed E-state index contributed by atoms with van der Waals surface area (Å²) in [6, 6.07) is -5.52. The van der Waals surface area contributed by atoms with Crippen LogP contribution >= 0.6 is 0 Å². The van der Waals surface area contributed by atoms with Gasteiger partial charge in [0.15, 0.2) is 0 Å². The van der Waals surface area contributed by atoms with Gasteiger partial charge in [-0.05, 0) is 78.1 Å². The van der Waals surface area contributed by atoms with E-state index in [1.54, 1.807) is 13.8 Å². The Hall–Kier alpha value is -5.52. The summed E-state index contributed by atoms with van der Waals surface area (Å²) in [5.41, 5.74) is -2.16. The minimum Gasteiger partial charge on any atom is -0.550 e. The number of carboxylic acids is 8. The summed E-state index contributed by atoms with van der Waals surface area (Å²) in [4.78, 5) is 180. The summed E-state index contributed by atoms with van der Waals surface area (Å²) >= 11 is 0. The molecule has 0 rings (SSSR count). The Bertz CT molecular complexity index is 2360. The maximum Gasteiger partial charge on any atom is 1.00 e. The largest absolute Gasteiger partial charge is 1.00 e. The number of esters is 4. The van der Waals surface area contributed by atoms with Gasteiger partial charge in [0.25, 0.3) is 0 Å². The number of amides is 4. The predicted molar refractivity (Wildman–Crippen MR) is 307 cm³/mol. The first-order chi connectivity index (χ1) is 40.6. The molecule has 6 unspecified atom stereocenters. The van der Waals surface area contributed by atoms with Crippen LogP contribution in [0.4, 0.5) is 0 Å². The minimum atomic E-state index is -1.66. The summed E-state index contributed by atoms with van der Waals surface area (Å²) < 4.78 is 19.5. The topological polar surface area (TPSA) is 531 Å². The number of ether oxygens (including phenoxy) is 4. The first-order valence-corrected chi connectivity index (χ1v) is 26.7. The van der Waals surface area contributed by atoms with Crippen LogP contribution in [0.15, 0.2) is 49.6 Å². The van der Waals surface area contributed by atoms with E-state index in [2.05, 4.69) is 57.1 Å². The van der Waals surface area contributed by atoms with Crippen LogP contribution in [-0.2, 0) is 95.7 Å². The van der Waals surface area contributed by atoms with Gasteiger partial charge in [0.1, 0.15) is 38.5 Å². The van der Waals surface area contributed by atoms with Crippen LogP contribution in [0.2, 0.25) is 0 Å². The molecule has 0 aliphatic heterocycles. The van der Waals surface area contributed by atoms with Gasteiger partial charge < -0.3 is 100 Å². The normalized spacial score (nSPS) is 11.7. The van der Waals surface area contributed by atoms with Crippen molar-refractivity contribution in [1.82, 2.24) is 21.3 Å². The fraction of sp³-hybridized carbons (Fsp3) is 0.586. The van der Waals surface area contributed by atoms with Gasteiger partial charge in [0, 0.05) is 58.9 Å². The van der Waals surface area contributed by atoms with Crippen LogP contribution in [0.5, 0.6) is 0 Å².